The van der Waals surface area contributed by atoms with Crippen LogP contribution in [-0.2, 0) is 11.3 Å². The van der Waals surface area contributed by atoms with Gasteiger partial charge in [0.1, 0.15) is 0 Å². The van der Waals surface area contributed by atoms with Crippen LogP contribution >= 0.6 is 0 Å². The van der Waals surface area contributed by atoms with Gasteiger partial charge in [-0.05, 0) is 11.1 Å². The van der Waals surface area contributed by atoms with Crippen molar-refractivity contribution in [2.75, 3.05) is 13.7 Å². The Hall–Kier alpha value is -2.13. The predicted octanol–water partition coefficient (Wildman–Crippen LogP) is 3.28. The third-order valence-corrected chi connectivity index (χ3v) is 4.15. The Balaban J connectivity index is 1.76. The van der Waals surface area contributed by atoms with E-state index in [9.17, 15) is 0 Å². The Labute approximate surface area is 125 Å². The molecule has 1 saturated heterocycles. The minimum Gasteiger partial charge on any atom is -0.483 e. The number of nitrogens with zero attached hydrogens (tertiary/aromatic N) is 1. The minimum absolute atomic E-state index is 0.0395. The summed E-state index contributed by atoms with van der Waals surface area (Å²) in [6.07, 6.45) is 0. The Bertz CT molecular complexity index is 597. The summed E-state index contributed by atoms with van der Waals surface area (Å²) in [6, 6.07) is 20.9. The third kappa shape index (κ3) is 2.83. The first-order chi connectivity index (χ1) is 10.3. The van der Waals surface area contributed by atoms with Gasteiger partial charge in [-0.25, -0.2) is 0 Å². The molecule has 2 aromatic rings. The summed E-state index contributed by atoms with van der Waals surface area (Å²) < 4.78 is 5.22. The molecular weight excluding hydrogens is 260 g/mol. The van der Waals surface area contributed by atoms with Gasteiger partial charge in [-0.2, -0.15) is 0 Å². The highest BCUT2D eigenvalue weighted by atomic mass is 16.5. The molecule has 0 radical (unpaired) electrons. The molecule has 0 saturated carbocycles. The van der Waals surface area contributed by atoms with E-state index in [-0.39, 0.29) is 6.04 Å². The molecule has 1 heterocycles. The van der Waals surface area contributed by atoms with Crippen LogP contribution in [0.25, 0.3) is 0 Å². The first kappa shape index (κ1) is 13.8. The highest BCUT2D eigenvalue weighted by molar-refractivity contribution is 5.81. The highest BCUT2D eigenvalue weighted by Gasteiger charge is 2.43. The molecule has 3 nitrogen and oxygen atoms in total. The maximum atomic E-state index is 8.11. The van der Waals surface area contributed by atoms with Crippen molar-refractivity contribution in [1.82, 2.24) is 4.90 Å². The minimum atomic E-state index is 0.0395. The zero-order valence-electron chi connectivity index (χ0n) is 12.2. The summed E-state index contributed by atoms with van der Waals surface area (Å²) in [7, 11) is 1.59. The van der Waals surface area contributed by atoms with Gasteiger partial charge in [0.25, 0.3) is 0 Å². The molecule has 108 valence electrons. The molecule has 1 fully saturated rings. The standard InChI is InChI=1S/C18H20N2O/c1-21-18(19)17-16(15-10-6-3-7-11-15)13-20(17)12-14-8-4-2-5-9-14/h2-11,16-17,19H,12-13H2,1H3/t16-,17+/m0/s1. The molecule has 0 unspecified atom stereocenters. The third-order valence-electron chi connectivity index (χ3n) is 4.15. The number of likely N-dealkylation sites (tertiary alicyclic amines) is 1. The van der Waals surface area contributed by atoms with Gasteiger partial charge in [-0.3, -0.25) is 10.3 Å². The Kier molecular flexibility index (Phi) is 4.02. The maximum Gasteiger partial charge on any atom is 0.198 e. The molecule has 3 rings (SSSR count). The molecule has 2 aromatic carbocycles. The summed E-state index contributed by atoms with van der Waals surface area (Å²) in [5, 5.41) is 8.11. The lowest BCUT2D eigenvalue weighted by Gasteiger charge is -2.47. The Morgan fingerprint density at radius 2 is 1.71 bits per heavy atom. The number of hydrogen-bond donors (Lipinski definition) is 1. The molecule has 0 bridgehead atoms. The number of methoxy groups -OCH3 is 1. The van der Waals surface area contributed by atoms with Gasteiger partial charge in [0.15, 0.2) is 5.90 Å². The predicted molar refractivity (Wildman–Crippen MR) is 84.6 cm³/mol. The fourth-order valence-corrected chi connectivity index (χ4v) is 3.02. The lowest BCUT2D eigenvalue weighted by molar-refractivity contribution is 0.0802. The second-order valence-corrected chi connectivity index (χ2v) is 5.45. The molecule has 21 heavy (non-hydrogen) atoms. The topological polar surface area (TPSA) is 36.3 Å². The van der Waals surface area contributed by atoms with Gasteiger partial charge in [-0.1, -0.05) is 60.7 Å². The Morgan fingerprint density at radius 1 is 1.10 bits per heavy atom. The molecule has 2 atom stereocenters. The number of hydrogen-bond acceptors (Lipinski definition) is 3. The van der Waals surface area contributed by atoms with E-state index in [1.54, 1.807) is 7.11 Å². The van der Waals surface area contributed by atoms with E-state index >= 15 is 0 Å². The summed E-state index contributed by atoms with van der Waals surface area (Å²) in [5.41, 5.74) is 2.56. The van der Waals surface area contributed by atoms with Gasteiger partial charge in [-0.15, -0.1) is 0 Å². The first-order valence-electron chi connectivity index (χ1n) is 7.25. The van der Waals surface area contributed by atoms with Crippen molar-refractivity contribution in [3.8, 4) is 0 Å². The molecule has 3 heteroatoms. The zero-order chi connectivity index (χ0) is 14.7. The fourth-order valence-electron chi connectivity index (χ4n) is 3.02. The number of benzene rings is 2. The Morgan fingerprint density at radius 3 is 2.33 bits per heavy atom. The van der Waals surface area contributed by atoms with Crippen LogP contribution in [0.15, 0.2) is 60.7 Å². The molecule has 0 aliphatic carbocycles. The fraction of sp³-hybridized carbons (Fsp3) is 0.278. The van der Waals surface area contributed by atoms with E-state index in [4.69, 9.17) is 10.1 Å². The van der Waals surface area contributed by atoms with E-state index in [2.05, 4.69) is 53.4 Å². The van der Waals surface area contributed by atoms with E-state index in [0.29, 0.717) is 11.8 Å². The van der Waals surface area contributed by atoms with Crippen molar-refractivity contribution in [3.05, 3.63) is 71.8 Å². The number of nitrogens with one attached hydrogen (secondary N) is 1. The van der Waals surface area contributed by atoms with Crippen molar-refractivity contribution in [2.24, 2.45) is 0 Å². The van der Waals surface area contributed by atoms with Crippen LogP contribution in [-0.4, -0.2) is 30.5 Å². The molecule has 1 aliphatic heterocycles. The van der Waals surface area contributed by atoms with E-state index < -0.39 is 0 Å². The van der Waals surface area contributed by atoms with Crippen LogP contribution in [0.2, 0.25) is 0 Å². The average molecular weight is 280 g/mol. The second kappa shape index (κ2) is 6.10. The SMILES string of the molecule is COC(=N)[C@H]1[C@H](c2ccccc2)CN1Cc1ccccc1. The monoisotopic (exact) mass is 280 g/mol. The van der Waals surface area contributed by atoms with Crippen LogP contribution in [0.5, 0.6) is 0 Å². The summed E-state index contributed by atoms with van der Waals surface area (Å²) in [4.78, 5) is 2.30. The van der Waals surface area contributed by atoms with Crippen LogP contribution in [0.1, 0.15) is 17.0 Å². The van der Waals surface area contributed by atoms with Crippen molar-refractivity contribution >= 4 is 5.90 Å². The van der Waals surface area contributed by atoms with E-state index in [1.807, 2.05) is 12.1 Å². The van der Waals surface area contributed by atoms with Gasteiger partial charge in [0, 0.05) is 19.0 Å². The second-order valence-electron chi connectivity index (χ2n) is 5.45. The highest BCUT2D eigenvalue weighted by Crippen LogP contribution is 2.36. The van der Waals surface area contributed by atoms with Gasteiger partial charge < -0.3 is 4.74 Å². The van der Waals surface area contributed by atoms with Gasteiger partial charge in [0.05, 0.1) is 13.2 Å². The lowest BCUT2D eigenvalue weighted by atomic mass is 9.82. The lowest BCUT2D eigenvalue weighted by Crippen LogP contribution is -2.58. The van der Waals surface area contributed by atoms with Crippen LogP contribution in [0, 0.1) is 5.41 Å². The quantitative estimate of drug-likeness (QED) is 0.689. The van der Waals surface area contributed by atoms with Gasteiger partial charge in [0.2, 0.25) is 0 Å². The van der Waals surface area contributed by atoms with Crippen LogP contribution < -0.4 is 0 Å². The average Bonchev–Trinajstić information content (AvgIpc) is 2.52. The molecular formula is C18H20N2O. The van der Waals surface area contributed by atoms with Crippen LogP contribution in [0.4, 0.5) is 0 Å². The normalized spacial score (nSPS) is 21.6. The summed E-state index contributed by atoms with van der Waals surface area (Å²) in [6.45, 7) is 1.83. The van der Waals surface area contributed by atoms with Crippen molar-refractivity contribution in [2.45, 2.75) is 18.5 Å². The zero-order valence-corrected chi connectivity index (χ0v) is 12.2. The smallest absolute Gasteiger partial charge is 0.198 e. The number of rotatable bonds is 4. The largest absolute Gasteiger partial charge is 0.483 e. The van der Waals surface area contributed by atoms with Gasteiger partial charge >= 0.3 is 0 Å². The van der Waals surface area contributed by atoms with Crippen molar-refractivity contribution in [1.29, 1.82) is 5.41 Å². The summed E-state index contributed by atoms with van der Waals surface area (Å²) >= 11 is 0. The van der Waals surface area contributed by atoms with Crippen molar-refractivity contribution < 1.29 is 4.74 Å². The molecule has 0 amide bonds. The first-order valence-corrected chi connectivity index (χ1v) is 7.25. The summed E-state index contributed by atoms with van der Waals surface area (Å²) in [5.74, 6) is 0.702. The van der Waals surface area contributed by atoms with E-state index in [0.717, 1.165) is 13.1 Å². The molecule has 0 spiro atoms. The number of ether oxygens (including phenoxy) is 1. The van der Waals surface area contributed by atoms with Crippen LogP contribution in [0.3, 0.4) is 0 Å². The molecule has 0 aromatic heterocycles. The molecule has 1 aliphatic rings. The molecule has 1 N–H and O–H groups in total. The maximum absolute atomic E-state index is 8.11. The van der Waals surface area contributed by atoms with Crippen molar-refractivity contribution in [3.63, 3.8) is 0 Å². The van der Waals surface area contributed by atoms with E-state index in [1.165, 1.54) is 11.1 Å².